The molecule has 2 fully saturated rings. The van der Waals surface area contributed by atoms with Gasteiger partial charge in [0, 0.05) is 70.4 Å². The van der Waals surface area contributed by atoms with E-state index < -0.39 is 0 Å². The first-order valence-corrected chi connectivity index (χ1v) is 10.5. The Morgan fingerprint density at radius 1 is 1.41 bits per heavy atom. The summed E-state index contributed by atoms with van der Waals surface area (Å²) in [6.07, 6.45) is 3.74. The first-order chi connectivity index (χ1) is 13.2. The second-order valence-electron chi connectivity index (χ2n) is 7.56. The molecule has 0 saturated carbocycles. The lowest BCUT2D eigenvalue weighted by Gasteiger charge is -2.27. The van der Waals surface area contributed by atoms with Gasteiger partial charge in [0.2, 0.25) is 5.91 Å². The number of thioether (sulfide) groups is 1. The van der Waals surface area contributed by atoms with Gasteiger partial charge in [-0.2, -0.15) is 0 Å². The van der Waals surface area contributed by atoms with Gasteiger partial charge in [0.1, 0.15) is 0 Å². The van der Waals surface area contributed by atoms with Crippen molar-refractivity contribution in [2.45, 2.75) is 11.7 Å². The van der Waals surface area contributed by atoms with E-state index in [-0.39, 0.29) is 11.3 Å². The lowest BCUT2D eigenvalue weighted by atomic mass is 9.80. The summed E-state index contributed by atoms with van der Waals surface area (Å²) in [4.78, 5) is 19.8. The van der Waals surface area contributed by atoms with E-state index in [0.717, 1.165) is 43.6 Å². The topological polar surface area (TPSA) is 62.2 Å². The Hall–Kier alpha value is -1.83. The Bertz CT molecular complexity index is 780. The number of aromatic nitrogens is 2. The number of amides is 1. The molecule has 1 amide bonds. The third kappa shape index (κ3) is 3.90. The highest BCUT2D eigenvalue weighted by atomic mass is 32.2. The minimum atomic E-state index is -0.289. The molecule has 0 radical (unpaired) electrons. The van der Waals surface area contributed by atoms with Crippen LogP contribution in [0.3, 0.4) is 0 Å². The second kappa shape index (κ2) is 8.04. The van der Waals surface area contributed by atoms with Gasteiger partial charge in [-0.1, -0.05) is 42.1 Å². The smallest absolute Gasteiger partial charge is 0.229 e. The molecular weight excluding hydrogens is 358 g/mol. The van der Waals surface area contributed by atoms with Gasteiger partial charge < -0.3 is 15.2 Å². The molecule has 1 aromatic carbocycles. The highest BCUT2D eigenvalue weighted by Gasteiger charge is 2.54. The summed E-state index contributed by atoms with van der Waals surface area (Å²) in [7, 11) is 1.99. The highest BCUT2D eigenvalue weighted by Crippen LogP contribution is 2.39. The Balaban J connectivity index is 1.32. The molecule has 2 aromatic rings. The molecule has 144 valence electrons. The zero-order valence-electron chi connectivity index (χ0n) is 15.7. The summed E-state index contributed by atoms with van der Waals surface area (Å²) < 4.78 is 2.00. The van der Waals surface area contributed by atoms with Crippen molar-refractivity contribution < 1.29 is 4.79 Å². The van der Waals surface area contributed by atoms with Gasteiger partial charge in [0.15, 0.2) is 5.16 Å². The molecule has 2 aliphatic rings. The standard InChI is InChI=1S/C20H27N5OS/c1-24-9-7-23-19(24)27-10-8-22-18(26)20-14-21-11-17(20)13-25(15-20)12-16-5-3-2-4-6-16/h2-7,9,17,21H,8,10-15H2,1H3,(H,22,26). The third-order valence-electron chi connectivity index (χ3n) is 5.69. The molecule has 6 nitrogen and oxygen atoms in total. The van der Waals surface area contributed by atoms with E-state index in [1.165, 1.54) is 5.56 Å². The highest BCUT2D eigenvalue weighted by molar-refractivity contribution is 7.99. The van der Waals surface area contributed by atoms with Gasteiger partial charge in [-0.05, 0) is 5.56 Å². The molecule has 2 aliphatic heterocycles. The average Bonchev–Trinajstić information content (AvgIpc) is 3.34. The first-order valence-electron chi connectivity index (χ1n) is 9.53. The maximum Gasteiger partial charge on any atom is 0.229 e. The molecule has 2 unspecified atom stereocenters. The Labute approximate surface area is 164 Å². The van der Waals surface area contributed by atoms with Crippen molar-refractivity contribution in [1.29, 1.82) is 0 Å². The normalized spacial score (nSPS) is 24.9. The van der Waals surface area contributed by atoms with Crippen LogP contribution in [0.25, 0.3) is 0 Å². The van der Waals surface area contributed by atoms with Crippen LogP contribution in [-0.2, 0) is 18.4 Å². The molecule has 7 heteroatoms. The molecule has 1 aromatic heterocycles. The van der Waals surface area contributed by atoms with Crippen molar-refractivity contribution in [1.82, 2.24) is 25.1 Å². The minimum absolute atomic E-state index is 0.202. The molecule has 2 atom stereocenters. The van der Waals surface area contributed by atoms with Crippen LogP contribution in [0.1, 0.15) is 5.56 Å². The van der Waals surface area contributed by atoms with Crippen molar-refractivity contribution in [3.63, 3.8) is 0 Å². The molecule has 2 saturated heterocycles. The number of likely N-dealkylation sites (tertiary alicyclic amines) is 1. The van der Waals surface area contributed by atoms with Crippen molar-refractivity contribution in [2.75, 3.05) is 38.5 Å². The number of hydrogen-bond donors (Lipinski definition) is 2. The number of carbonyl (C=O) groups is 1. The molecule has 4 rings (SSSR count). The van der Waals surface area contributed by atoms with Crippen molar-refractivity contribution in [3.8, 4) is 0 Å². The lowest BCUT2D eigenvalue weighted by Crippen LogP contribution is -2.47. The average molecular weight is 386 g/mol. The van der Waals surface area contributed by atoms with E-state index in [1.807, 2.05) is 23.9 Å². The summed E-state index contributed by atoms with van der Waals surface area (Å²) >= 11 is 1.67. The van der Waals surface area contributed by atoms with E-state index in [9.17, 15) is 4.79 Å². The number of nitrogens with one attached hydrogen (secondary N) is 2. The number of aryl methyl sites for hydroxylation is 1. The van der Waals surface area contributed by atoms with Gasteiger partial charge in [0.05, 0.1) is 5.41 Å². The number of hydrogen-bond acceptors (Lipinski definition) is 5. The van der Waals surface area contributed by atoms with Crippen molar-refractivity contribution in [3.05, 3.63) is 48.3 Å². The number of benzene rings is 1. The molecule has 0 bridgehead atoms. The molecule has 27 heavy (non-hydrogen) atoms. The predicted octanol–water partition coefficient (Wildman–Crippen LogP) is 1.35. The predicted molar refractivity (Wildman–Crippen MR) is 107 cm³/mol. The largest absolute Gasteiger partial charge is 0.355 e. The van der Waals surface area contributed by atoms with E-state index in [4.69, 9.17) is 0 Å². The lowest BCUT2D eigenvalue weighted by molar-refractivity contribution is -0.130. The van der Waals surface area contributed by atoms with E-state index in [1.54, 1.807) is 18.0 Å². The van der Waals surface area contributed by atoms with Crippen LogP contribution in [0.4, 0.5) is 0 Å². The Kier molecular flexibility index (Phi) is 5.52. The fraction of sp³-hybridized carbons (Fsp3) is 0.500. The van der Waals surface area contributed by atoms with Crippen LogP contribution in [-0.4, -0.2) is 58.8 Å². The van der Waals surface area contributed by atoms with Gasteiger partial charge in [-0.25, -0.2) is 4.98 Å². The zero-order valence-corrected chi connectivity index (χ0v) is 16.5. The molecule has 2 N–H and O–H groups in total. The molecule has 3 heterocycles. The van der Waals surface area contributed by atoms with E-state index >= 15 is 0 Å². The van der Waals surface area contributed by atoms with E-state index in [2.05, 4.69) is 44.8 Å². The number of carbonyl (C=O) groups excluding carboxylic acids is 1. The molecule has 0 spiro atoms. The van der Waals surface area contributed by atoms with Gasteiger partial charge in [-0.3, -0.25) is 9.69 Å². The summed E-state index contributed by atoms with van der Waals surface area (Å²) in [6.45, 7) is 5.11. The second-order valence-corrected chi connectivity index (χ2v) is 8.63. The van der Waals surface area contributed by atoms with Crippen LogP contribution in [0.5, 0.6) is 0 Å². The first kappa shape index (κ1) is 18.5. The van der Waals surface area contributed by atoms with Crippen LogP contribution >= 0.6 is 11.8 Å². The Morgan fingerprint density at radius 3 is 3.04 bits per heavy atom. The van der Waals surface area contributed by atoms with E-state index in [0.29, 0.717) is 12.5 Å². The van der Waals surface area contributed by atoms with Gasteiger partial charge >= 0.3 is 0 Å². The van der Waals surface area contributed by atoms with Crippen LogP contribution in [0.15, 0.2) is 47.9 Å². The van der Waals surface area contributed by atoms with Crippen molar-refractivity contribution in [2.24, 2.45) is 18.4 Å². The third-order valence-corrected chi connectivity index (χ3v) is 6.75. The number of rotatable bonds is 7. The quantitative estimate of drug-likeness (QED) is 0.557. The fourth-order valence-corrected chi connectivity index (χ4v) is 5.07. The summed E-state index contributed by atoms with van der Waals surface area (Å²) in [5, 5.41) is 7.62. The van der Waals surface area contributed by atoms with Crippen LogP contribution in [0, 0.1) is 11.3 Å². The Morgan fingerprint density at radius 2 is 2.26 bits per heavy atom. The van der Waals surface area contributed by atoms with Crippen LogP contribution in [0.2, 0.25) is 0 Å². The summed E-state index contributed by atoms with van der Waals surface area (Å²) in [6, 6.07) is 10.5. The summed E-state index contributed by atoms with van der Waals surface area (Å²) in [5.41, 5.74) is 1.02. The monoisotopic (exact) mass is 385 g/mol. The number of nitrogens with zero attached hydrogens (tertiary/aromatic N) is 3. The zero-order chi connectivity index (χ0) is 18.7. The number of imidazole rings is 1. The fourth-order valence-electron chi connectivity index (χ4n) is 4.28. The van der Waals surface area contributed by atoms with Gasteiger partial charge in [0.25, 0.3) is 0 Å². The maximum absolute atomic E-state index is 13.1. The SMILES string of the molecule is Cn1ccnc1SCCNC(=O)C12CNCC1CN(Cc1ccccc1)C2. The number of fused-ring (bicyclic) bond motifs is 1. The minimum Gasteiger partial charge on any atom is -0.355 e. The summed E-state index contributed by atoms with van der Waals surface area (Å²) in [5.74, 6) is 1.43. The van der Waals surface area contributed by atoms with Crippen molar-refractivity contribution >= 4 is 17.7 Å². The molecular formula is C20H27N5OS. The molecule has 0 aliphatic carbocycles. The van der Waals surface area contributed by atoms with Gasteiger partial charge in [-0.15, -0.1) is 0 Å². The maximum atomic E-state index is 13.1. The van der Waals surface area contributed by atoms with Crippen LogP contribution < -0.4 is 10.6 Å².